The molecule has 0 amide bonds. The summed E-state index contributed by atoms with van der Waals surface area (Å²) < 4.78 is 0. The highest BCUT2D eigenvalue weighted by atomic mass is 16.3. The number of aliphatic hydroxyl groups is 1. The molecule has 0 bridgehead atoms. The molecule has 1 aliphatic carbocycles. The van der Waals surface area contributed by atoms with Crippen LogP contribution in [-0.2, 0) is 0 Å². The Morgan fingerprint density at radius 3 is 2.41 bits per heavy atom. The largest absolute Gasteiger partial charge is 0.391 e. The van der Waals surface area contributed by atoms with Crippen LogP contribution < -0.4 is 0 Å². The van der Waals surface area contributed by atoms with Crippen LogP contribution in [0.25, 0.3) is 0 Å². The molecule has 3 nitrogen and oxygen atoms in total. The minimum absolute atomic E-state index is 0.124. The summed E-state index contributed by atoms with van der Waals surface area (Å²) in [5.41, 5.74) is 0. The van der Waals surface area contributed by atoms with E-state index in [4.69, 9.17) is 0 Å². The first-order valence-corrected chi connectivity index (χ1v) is 7.25. The first-order valence-electron chi connectivity index (χ1n) is 7.25. The summed E-state index contributed by atoms with van der Waals surface area (Å²) in [4.78, 5) is 4.75. The van der Waals surface area contributed by atoms with Gasteiger partial charge in [-0.1, -0.05) is 19.3 Å². The van der Waals surface area contributed by atoms with Gasteiger partial charge in [0.1, 0.15) is 0 Å². The summed E-state index contributed by atoms with van der Waals surface area (Å²) in [6.45, 7) is 3.31. The molecule has 0 spiro atoms. The summed E-state index contributed by atoms with van der Waals surface area (Å²) in [5.74, 6) is 0.544. The summed E-state index contributed by atoms with van der Waals surface area (Å²) in [6, 6.07) is 0.339. The van der Waals surface area contributed by atoms with E-state index >= 15 is 0 Å². The molecule has 2 rings (SSSR count). The van der Waals surface area contributed by atoms with Crippen molar-refractivity contribution in [3.05, 3.63) is 0 Å². The third kappa shape index (κ3) is 3.43. The van der Waals surface area contributed by atoms with E-state index in [1.807, 2.05) is 0 Å². The molecule has 3 heteroatoms. The van der Waals surface area contributed by atoms with Gasteiger partial charge in [0, 0.05) is 12.6 Å². The quantitative estimate of drug-likeness (QED) is 0.793. The number of aliphatic hydroxyl groups excluding tert-OH is 1. The van der Waals surface area contributed by atoms with Crippen LogP contribution in [0.15, 0.2) is 0 Å². The van der Waals surface area contributed by atoms with Crippen LogP contribution in [0.2, 0.25) is 0 Å². The van der Waals surface area contributed by atoms with Crippen molar-refractivity contribution in [3.8, 4) is 0 Å². The maximum Gasteiger partial charge on any atom is 0.0735 e. The fourth-order valence-electron chi connectivity index (χ4n) is 3.46. The third-order valence-electron chi connectivity index (χ3n) is 4.64. The second kappa shape index (κ2) is 6.17. The molecule has 17 heavy (non-hydrogen) atoms. The van der Waals surface area contributed by atoms with E-state index in [1.165, 1.54) is 38.5 Å². The van der Waals surface area contributed by atoms with Crippen molar-refractivity contribution < 1.29 is 5.11 Å². The van der Waals surface area contributed by atoms with Crippen LogP contribution in [0.1, 0.15) is 38.5 Å². The zero-order valence-corrected chi connectivity index (χ0v) is 11.4. The van der Waals surface area contributed by atoms with Crippen molar-refractivity contribution in [2.75, 3.05) is 33.7 Å². The number of hydrogen-bond donors (Lipinski definition) is 1. The zero-order valence-electron chi connectivity index (χ0n) is 11.4. The summed E-state index contributed by atoms with van der Waals surface area (Å²) in [5, 5.41) is 10.6. The molecule has 0 aromatic carbocycles. The number of rotatable bonds is 2. The van der Waals surface area contributed by atoms with Gasteiger partial charge in [-0.25, -0.2) is 0 Å². The zero-order chi connectivity index (χ0) is 12.3. The van der Waals surface area contributed by atoms with E-state index in [9.17, 15) is 5.11 Å². The molecule has 2 atom stereocenters. The Morgan fingerprint density at radius 1 is 1.00 bits per heavy atom. The Balaban J connectivity index is 1.96. The number of hydrogen-bond acceptors (Lipinski definition) is 3. The van der Waals surface area contributed by atoms with Gasteiger partial charge in [-0.3, -0.25) is 4.90 Å². The van der Waals surface area contributed by atoms with E-state index in [2.05, 4.69) is 23.9 Å². The standard InChI is InChI=1S/C14H28N2O/c1-15-9-6-10-16(2)13(11-15)14(17)12-7-4-3-5-8-12/h12-14,17H,3-11H2,1-2H3. The van der Waals surface area contributed by atoms with E-state index in [0.717, 1.165) is 19.6 Å². The molecule has 100 valence electrons. The highest BCUT2D eigenvalue weighted by Crippen LogP contribution is 2.29. The lowest BCUT2D eigenvalue weighted by atomic mass is 9.82. The molecule has 0 radical (unpaired) electrons. The Morgan fingerprint density at radius 2 is 1.71 bits per heavy atom. The van der Waals surface area contributed by atoms with Gasteiger partial charge < -0.3 is 10.0 Å². The van der Waals surface area contributed by atoms with Crippen molar-refractivity contribution in [2.45, 2.75) is 50.7 Å². The molecule has 2 unspecified atom stereocenters. The lowest BCUT2D eigenvalue weighted by molar-refractivity contribution is 0.00398. The molecule has 1 heterocycles. The normalized spacial score (nSPS) is 32.3. The first-order chi connectivity index (χ1) is 8.18. The predicted octanol–water partition coefficient (Wildman–Crippen LogP) is 1.56. The topological polar surface area (TPSA) is 26.7 Å². The summed E-state index contributed by atoms with van der Waals surface area (Å²) >= 11 is 0. The van der Waals surface area contributed by atoms with Crippen molar-refractivity contribution in [3.63, 3.8) is 0 Å². The molecule has 1 saturated carbocycles. The Hall–Kier alpha value is -0.120. The average molecular weight is 240 g/mol. The van der Waals surface area contributed by atoms with Crippen LogP contribution >= 0.6 is 0 Å². The van der Waals surface area contributed by atoms with Crippen molar-refractivity contribution in [1.29, 1.82) is 0 Å². The van der Waals surface area contributed by atoms with Crippen molar-refractivity contribution in [2.24, 2.45) is 5.92 Å². The van der Waals surface area contributed by atoms with Gasteiger partial charge >= 0.3 is 0 Å². The first kappa shape index (κ1) is 13.3. The number of likely N-dealkylation sites (N-methyl/N-ethyl adjacent to an activating group) is 2. The summed E-state index contributed by atoms with van der Waals surface area (Å²) in [7, 11) is 4.36. The maximum absolute atomic E-state index is 10.6. The van der Waals surface area contributed by atoms with Gasteiger partial charge in [0.05, 0.1) is 6.10 Å². The van der Waals surface area contributed by atoms with Crippen LogP contribution in [0.3, 0.4) is 0 Å². The third-order valence-corrected chi connectivity index (χ3v) is 4.64. The molecule has 1 N–H and O–H groups in total. The van der Waals surface area contributed by atoms with Gasteiger partial charge in [-0.15, -0.1) is 0 Å². The van der Waals surface area contributed by atoms with Crippen molar-refractivity contribution in [1.82, 2.24) is 9.80 Å². The van der Waals surface area contributed by atoms with Crippen LogP contribution in [0.5, 0.6) is 0 Å². The van der Waals surface area contributed by atoms with Crippen LogP contribution in [0, 0.1) is 5.92 Å². The highest BCUT2D eigenvalue weighted by Gasteiger charge is 2.32. The second-order valence-electron chi connectivity index (χ2n) is 6.05. The predicted molar refractivity (Wildman–Crippen MR) is 71.1 cm³/mol. The molecule has 0 aromatic rings. The smallest absolute Gasteiger partial charge is 0.0735 e. The number of nitrogens with zero attached hydrogens (tertiary/aromatic N) is 2. The van der Waals surface area contributed by atoms with Gasteiger partial charge in [-0.2, -0.15) is 0 Å². The highest BCUT2D eigenvalue weighted by molar-refractivity contribution is 4.87. The van der Waals surface area contributed by atoms with Crippen molar-refractivity contribution >= 4 is 0 Å². The van der Waals surface area contributed by atoms with E-state index in [0.29, 0.717) is 12.0 Å². The van der Waals surface area contributed by atoms with Crippen LogP contribution in [0.4, 0.5) is 0 Å². The maximum atomic E-state index is 10.6. The van der Waals surface area contributed by atoms with E-state index in [1.54, 1.807) is 0 Å². The Bertz CT molecular complexity index is 228. The Kier molecular flexibility index (Phi) is 4.83. The van der Waals surface area contributed by atoms with E-state index in [-0.39, 0.29) is 6.10 Å². The lowest BCUT2D eigenvalue weighted by Gasteiger charge is -2.37. The molecule has 1 aliphatic heterocycles. The van der Waals surface area contributed by atoms with Gasteiger partial charge in [0.15, 0.2) is 0 Å². The van der Waals surface area contributed by atoms with Gasteiger partial charge in [0.25, 0.3) is 0 Å². The van der Waals surface area contributed by atoms with Gasteiger partial charge in [0.2, 0.25) is 0 Å². The molecule has 0 aromatic heterocycles. The fourth-order valence-corrected chi connectivity index (χ4v) is 3.46. The minimum atomic E-state index is -0.124. The second-order valence-corrected chi connectivity index (χ2v) is 6.05. The lowest BCUT2D eigenvalue weighted by Crippen LogP contribution is -2.49. The molecule has 1 saturated heterocycles. The van der Waals surface area contributed by atoms with Crippen LogP contribution in [-0.4, -0.2) is 60.8 Å². The molecule has 2 fully saturated rings. The molecular formula is C14H28N2O. The Labute approximate surface area is 106 Å². The average Bonchev–Trinajstić information content (AvgIpc) is 2.51. The minimum Gasteiger partial charge on any atom is -0.391 e. The monoisotopic (exact) mass is 240 g/mol. The molecular weight excluding hydrogens is 212 g/mol. The fraction of sp³-hybridized carbons (Fsp3) is 1.00. The van der Waals surface area contributed by atoms with E-state index < -0.39 is 0 Å². The molecule has 2 aliphatic rings. The summed E-state index contributed by atoms with van der Waals surface area (Å²) in [6.07, 6.45) is 7.55. The SMILES string of the molecule is CN1CCCN(C)C(C(O)C2CCCCC2)C1. The van der Waals surface area contributed by atoms with Gasteiger partial charge in [-0.05, 0) is 52.4 Å².